The number of ether oxygens (including phenoxy) is 1. The molecule has 1 aromatic carbocycles. The van der Waals surface area contributed by atoms with Crippen LogP contribution in [0.5, 0.6) is 5.88 Å². The zero-order valence-corrected chi connectivity index (χ0v) is 16.4. The highest BCUT2D eigenvalue weighted by Gasteiger charge is 2.21. The predicted octanol–water partition coefficient (Wildman–Crippen LogP) is 3.41. The third kappa shape index (κ3) is 3.28. The second-order valence-electron chi connectivity index (χ2n) is 6.08. The van der Waals surface area contributed by atoms with Gasteiger partial charge in [0.05, 0.1) is 28.2 Å². The van der Waals surface area contributed by atoms with Crippen molar-refractivity contribution in [3.05, 3.63) is 38.5 Å². The zero-order chi connectivity index (χ0) is 19.9. The van der Waals surface area contributed by atoms with Crippen molar-refractivity contribution >= 4 is 56.8 Å². The second kappa shape index (κ2) is 7.25. The van der Waals surface area contributed by atoms with E-state index >= 15 is 0 Å². The third-order valence-corrected chi connectivity index (χ3v) is 4.64. The monoisotopic (exact) mass is 409 g/mol. The molecular formula is C18H17Cl2N3O4. The normalized spacial score (nSPS) is 11.1. The number of aliphatic carboxylic acids is 1. The predicted molar refractivity (Wildman–Crippen MR) is 107 cm³/mol. The lowest BCUT2D eigenvalue weighted by atomic mass is 10.1. The lowest BCUT2D eigenvalue weighted by molar-refractivity contribution is -0.137. The number of fused-ring (bicyclic) bond motifs is 2. The van der Waals surface area contributed by atoms with Crippen molar-refractivity contribution in [2.45, 2.75) is 13.5 Å². The molecule has 0 aliphatic rings. The van der Waals surface area contributed by atoms with E-state index in [1.54, 1.807) is 38.1 Å². The molecule has 0 saturated carbocycles. The Hall–Kier alpha value is -2.51. The Balaban J connectivity index is 2.60. The number of aromatic nitrogens is 2. The maximum Gasteiger partial charge on any atom is 0.323 e. The van der Waals surface area contributed by atoms with Crippen LogP contribution in [0.3, 0.4) is 0 Å². The quantitative estimate of drug-likeness (QED) is 0.649. The molecule has 0 fully saturated rings. The molecule has 3 aromatic rings. The van der Waals surface area contributed by atoms with E-state index in [9.17, 15) is 14.7 Å². The van der Waals surface area contributed by atoms with E-state index in [0.717, 1.165) is 0 Å². The van der Waals surface area contributed by atoms with E-state index in [0.29, 0.717) is 28.2 Å². The molecule has 9 heteroatoms. The van der Waals surface area contributed by atoms with E-state index in [4.69, 9.17) is 27.9 Å². The largest absolute Gasteiger partial charge is 0.480 e. The Morgan fingerprint density at radius 1 is 1.26 bits per heavy atom. The number of carbonyl (C=O) groups is 1. The maximum atomic E-state index is 13.1. The SMILES string of the molecule is CCOc1nc2c(cc1Cl)c(=O)c1ccc(Cl)c(N(C)C)c1n2CC(=O)O. The van der Waals surface area contributed by atoms with Crippen LogP contribution in [0.4, 0.5) is 5.69 Å². The van der Waals surface area contributed by atoms with Gasteiger partial charge in [-0.25, -0.2) is 0 Å². The van der Waals surface area contributed by atoms with Gasteiger partial charge in [0.2, 0.25) is 5.88 Å². The zero-order valence-electron chi connectivity index (χ0n) is 14.9. The number of benzene rings is 1. The summed E-state index contributed by atoms with van der Waals surface area (Å²) in [6, 6.07) is 4.65. The lowest BCUT2D eigenvalue weighted by Crippen LogP contribution is -2.20. The third-order valence-electron chi connectivity index (χ3n) is 4.06. The smallest absolute Gasteiger partial charge is 0.323 e. The molecule has 142 valence electrons. The Morgan fingerprint density at radius 2 is 1.96 bits per heavy atom. The van der Waals surface area contributed by atoms with Gasteiger partial charge in [0, 0.05) is 19.5 Å². The highest BCUT2D eigenvalue weighted by molar-refractivity contribution is 6.35. The molecule has 1 N–H and O–H groups in total. The van der Waals surface area contributed by atoms with Crippen molar-refractivity contribution in [1.82, 2.24) is 9.55 Å². The van der Waals surface area contributed by atoms with Crippen LogP contribution in [-0.2, 0) is 11.3 Å². The van der Waals surface area contributed by atoms with Gasteiger partial charge in [-0.1, -0.05) is 23.2 Å². The van der Waals surface area contributed by atoms with Gasteiger partial charge in [-0.15, -0.1) is 0 Å². The number of hydrogen-bond acceptors (Lipinski definition) is 5. The standard InChI is InChI=1S/C18H17Cl2N3O4/c1-4-27-18-12(20)7-10-16(26)9-5-6-11(19)15(22(2)3)14(9)23(8-13(24)25)17(10)21-18/h5-7H,4,8H2,1-3H3,(H,24,25). The molecule has 0 saturated heterocycles. The van der Waals surface area contributed by atoms with Crippen LogP contribution in [0, 0.1) is 0 Å². The molecular weight excluding hydrogens is 393 g/mol. The highest BCUT2D eigenvalue weighted by Crippen LogP contribution is 2.35. The summed E-state index contributed by atoms with van der Waals surface area (Å²) < 4.78 is 6.87. The van der Waals surface area contributed by atoms with Gasteiger partial charge >= 0.3 is 5.97 Å². The average Bonchev–Trinajstić information content (AvgIpc) is 2.59. The first-order chi connectivity index (χ1) is 12.8. The van der Waals surface area contributed by atoms with Crippen LogP contribution in [0.1, 0.15) is 6.92 Å². The van der Waals surface area contributed by atoms with Gasteiger partial charge in [0.25, 0.3) is 0 Å². The molecule has 0 atom stereocenters. The summed E-state index contributed by atoms with van der Waals surface area (Å²) in [7, 11) is 3.53. The average molecular weight is 410 g/mol. The first-order valence-electron chi connectivity index (χ1n) is 8.13. The first-order valence-corrected chi connectivity index (χ1v) is 8.89. The van der Waals surface area contributed by atoms with E-state index in [-0.39, 0.29) is 27.4 Å². The summed E-state index contributed by atoms with van der Waals surface area (Å²) >= 11 is 12.5. The molecule has 3 rings (SSSR count). The lowest BCUT2D eigenvalue weighted by Gasteiger charge is -2.21. The summed E-state index contributed by atoms with van der Waals surface area (Å²) in [6.07, 6.45) is 0. The Bertz CT molecular complexity index is 1130. The van der Waals surface area contributed by atoms with Crippen LogP contribution in [0.15, 0.2) is 23.0 Å². The maximum absolute atomic E-state index is 13.1. The molecule has 0 aliphatic heterocycles. The van der Waals surface area contributed by atoms with Crippen LogP contribution in [-0.4, -0.2) is 41.3 Å². The topological polar surface area (TPSA) is 84.7 Å². The fourth-order valence-corrected chi connectivity index (χ4v) is 3.58. The van der Waals surface area contributed by atoms with Crippen molar-refractivity contribution < 1.29 is 14.6 Å². The van der Waals surface area contributed by atoms with Crippen molar-refractivity contribution in [1.29, 1.82) is 0 Å². The van der Waals surface area contributed by atoms with Gasteiger partial charge < -0.3 is 19.3 Å². The summed E-state index contributed by atoms with van der Waals surface area (Å²) in [5.41, 5.74) is 0.792. The van der Waals surface area contributed by atoms with Crippen LogP contribution in [0.2, 0.25) is 10.0 Å². The summed E-state index contributed by atoms with van der Waals surface area (Å²) in [5, 5.41) is 10.6. The van der Waals surface area contributed by atoms with E-state index in [1.807, 2.05) is 0 Å². The number of anilines is 1. The van der Waals surface area contributed by atoms with Crippen molar-refractivity contribution in [2.24, 2.45) is 0 Å². The van der Waals surface area contributed by atoms with Crippen LogP contribution >= 0.6 is 23.2 Å². The number of carboxylic acids is 1. The molecule has 0 aliphatic carbocycles. The van der Waals surface area contributed by atoms with Crippen LogP contribution < -0.4 is 15.1 Å². The number of nitrogens with zero attached hydrogens (tertiary/aromatic N) is 3. The summed E-state index contributed by atoms with van der Waals surface area (Å²) in [6.45, 7) is 1.69. The Kier molecular flexibility index (Phi) is 5.17. The highest BCUT2D eigenvalue weighted by atomic mass is 35.5. The fraction of sp³-hybridized carbons (Fsp3) is 0.278. The minimum absolute atomic E-state index is 0.137. The van der Waals surface area contributed by atoms with Crippen molar-refractivity contribution in [3.8, 4) is 5.88 Å². The number of hydrogen-bond donors (Lipinski definition) is 1. The summed E-state index contributed by atoms with van der Waals surface area (Å²) in [4.78, 5) is 30.7. The molecule has 0 unspecified atom stereocenters. The molecule has 27 heavy (non-hydrogen) atoms. The molecule has 0 radical (unpaired) electrons. The summed E-state index contributed by atoms with van der Waals surface area (Å²) in [5.74, 6) is -0.946. The minimum Gasteiger partial charge on any atom is -0.480 e. The Labute approximate surface area is 164 Å². The number of pyridine rings is 2. The molecule has 0 spiro atoms. The van der Waals surface area contributed by atoms with Gasteiger partial charge in [-0.3, -0.25) is 9.59 Å². The van der Waals surface area contributed by atoms with Crippen LogP contribution in [0.25, 0.3) is 21.9 Å². The van der Waals surface area contributed by atoms with E-state index in [1.165, 1.54) is 10.6 Å². The van der Waals surface area contributed by atoms with Gasteiger partial charge in [0.1, 0.15) is 17.2 Å². The Morgan fingerprint density at radius 3 is 2.56 bits per heavy atom. The van der Waals surface area contributed by atoms with E-state index in [2.05, 4.69) is 4.98 Å². The minimum atomic E-state index is -1.08. The number of rotatable bonds is 5. The molecule has 0 amide bonds. The first kappa shape index (κ1) is 19.3. The molecule has 0 bridgehead atoms. The van der Waals surface area contributed by atoms with Gasteiger partial charge in [0.15, 0.2) is 5.43 Å². The second-order valence-corrected chi connectivity index (χ2v) is 6.89. The number of halogens is 2. The molecule has 7 nitrogen and oxygen atoms in total. The van der Waals surface area contributed by atoms with Gasteiger partial charge in [-0.05, 0) is 25.1 Å². The number of carboxylic acid groups (broad SMARTS) is 1. The van der Waals surface area contributed by atoms with Crippen molar-refractivity contribution in [3.63, 3.8) is 0 Å². The van der Waals surface area contributed by atoms with Crippen molar-refractivity contribution in [2.75, 3.05) is 25.6 Å². The fourth-order valence-electron chi connectivity index (χ4n) is 3.05. The van der Waals surface area contributed by atoms with Gasteiger partial charge in [-0.2, -0.15) is 4.98 Å². The molecule has 2 heterocycles. The van der Waals surface area contributed by atoms with E-state index < -0.39 is 12.5 Å². The molecule has 2 aromatic heterocycles.